The van der Waals surface area contributed by atoms with Gasteiger partial charge in [-0.15, -0.1) is 10.2 Å². The van der Waals surface area contributed by atoms with Gasteiger partial charge in [-0.2, -0.15) is 0 Å². The van der Waals surface area contributed by atoms with E-state index in [1.54, 1.807) is 16.8 Å². The van der Waals surface area contributed by atoms with Crippen molar-refractivity contribution in [3.8, 4) is 0 Å². The Morgan fingerprint density at radius 2 is 2.33 bits per heavy atom. The quantitative estimate of drug-likeness (QED) is 0.782. The molecule has 68 valence electrons. The lowest BCUT2D eigenvalue weighted by Gasteiger charge is -2.22. The molecule has 1 aromatic rings. The third kappa shape index (κ3) is 2.77. The molecular weight excluding hydrogens is 170 g/mol. The second-order valence-corrected chi connectivity index (χ2v) is 4.45. The predicted molar refractivity (Wildman–Crippen MR) is 52.5 cm³/mol. The smallest absolute Gasteiger partial charge is 0.205 e. The summed E-state index contributed by atoms with van der Waals surface area (Å²) in [6.45, 7) is 7.63. The summed E-state index contributed by atoms with van der Waals surface area (Å²) in [4.78, 5) is 0. The summed E-state index contributed by atoms with van der Waals surface area (Å²) in [6.07, 6.45) is 1.17. The van der Waals surface area contributed by atoms with Gasteiger partial charge in [0.15, 0.2) is 0 Å². The molecule has 0 saturated heterocycles. The lowest BCUT2D eigenvalue weighted by molar-refractivity contribution is 0.377. The Bertz CT molecular complexity index is 218. The van der Waals surface area contributed by atoms with Crippen molar-refractivity contribution in [1.29, 1.82) is 0 Å². The first-order valence-electron chi connectivity index (χ1n) is 4.14. The lowest BCUT2D eigenvalue weighted by atomic mass is 9.90. The van der Waals surface area contributed by atoms with Crippen molar-refractivity contribution in [2.24, 2.45) is 5.41 Å². The SMILES string of the molecule is CCC(C)(C)CNc1nncs1. The van der Waals surface area contributed by atoms with Gasteiger partial charge in [0, 0.05) is 6.54 Å². The van der Waals surface area contributed by atoms with Gasteiger partial charge in [0.2, 0.25) is 5.13 Å². The summed E-state index contributed by atoms with van der Waals surface area (Å²) in [7, 11) is 0. The van der Waals surface area contributed by atoms with E-state index < -0.39 is 0 Å². The highest BCUT2D eigenvalue weighted by Gasteiger charge is 2.14. The average molecular weight is 185 g/mol. The fraction of sp³-hybridized carbons (Fsp3) is 0.750. The van der Waals surface area contributed by atoms with Crippen LogP contribution in [-0.4, -0.2) is 16.7 Å². The van der Waals surface area contributed by atoms with Crippen LogP contribution in [-0.2, 0) is 0 Å². The molecule has 1 N–H and O–H groups in total. The first-order chi connectivity index (χ1) is 5.64. The Morgan fingerprint density at radius 1 is 1.58 bits per heavy atom. The molecule has 0 aliphatic rings. The molecule has 0 aliphatic carbocycles. The molecule has 12 heavy (non-hydrogen) atoms. The highest BCUT2D eigenvalue weighted by Crippen LogP contribution is 2.20. The first-order valence-corrected chi connectivity index (χ1v) is 5.02. The fourth-order valence-corrected chi connectivity index (χ4v) is 1.13. The van der Waals surface area contributed by atoms with Crippen molar-refractivity contribution < 1.29 is 0 Å². The van der Waals surface area contributed by atoms with Gasteiger partial charge in [0.1, 0.15) is 5.51 Å². The Hall–Kier alpha value is -0.640. The molecule has 0 fully saturated rings. The normalized spacial score (nSPS) is 11.6. The van der Waals surface area contributed by atoms with Crippen molar-refractivity contribution in [2.45, 2.75) is 27.2 Å². The van der Waals surface area contributed by atoms with Crippen LogP contribution in [0.1, 0.15) is 27.2 Å². The van der Waals surface area contributed by atoms with Crippen LogP contribution in [0.5, 0.6) is 0 Å². The van der Waals surface area contributed by atoms with Crippen LogP contribution in [0.2, 0.25) is 0 Å². The minimum atomic E-state index is 0.339. The molecule has 0 atom stereocenters. The van der Waals surface area contributed by atoms with Gasteiger partial charge in [-0.3, -0.25) is 0 Å². The lowest BCUT2D eigenvalue weighted by Crippen LogP contribution is -2.21. The minimum absolute atomic E-state index is 0.339. The van der Waals surface area contributed by atoms with Crippen LogP contribution in [0.25, 0.3) is 0 Å². The number of hydrogen-bond acceptors (Lipinski definition) is 4. The van der Waals surface area contributed by atoms with Gasteiger partial charge >= 0.3 is 0 Å². The molecule has 0 unspecified atom stereocenters. The third-order valence-electron chi connectivity index (χ3n) is 2.04. The monoisotopic (exact) mass is 185 g/mol. The van der Waals surface area contributed by atoms with Gasteiger partial charge in [0.25, 0.3) is 0 Å². The molecule has 0 aliphatic heterocycles. The number of aromatic nitrogens is 2. The molecule has 3 nitrogen and oxygen atoms in total. The van der Waals surface area contributed by atoms with Gasteiger partial charge in [-0.1, -0.05) is 32.1 Å². The van der Waals surface area contributed by atoms with Gasteiger partial charge in [-0.05, 0) is 11.8 Å². The summed E-state index contributed by atoms with van der Waals surface area (Å²) < 4.78 is 0. The van der Waals surface area contributed by atoms with Crippen LogP contribution in [0.3, 0.4) is 0 Å². The van der Waals surface area contributed by atoms with Crippen molar-refractivity contribution in [2.75, 3.05) is 11.9 Å². The Kier molecular flexibility index (Phi) is 3.03. The zero-order chi connectivity index (χ0) is 9.03. The van der Waals surface area contributed by atoms with E-state index >= 15 is 0 Å². The van der Waals surface area contributed by atoms with E-state index in [1.165, 1.54) is 6.42 Å². The van der Waals surface area contributed by atoms with E-state index in [0.717, 1.165) is 11.7 Å². The van der Waals surface area contributed by atoms with Crippen molar-refractivity contribution >= 4 is 16.5 Å². The first kappa shape index (κ1) is 9.45. The summed E-state index contributed by atoms with van der Waals surface area (Å²) in [6, 6.07) is 0. The van der Waals surface area contributed by atoms with Crippen molar-refractivity contribution in [3.63, 3.8) is 0 Å². The van der Waals surface area contributed by atoms with E-state index in [1.807, 2.05) is 0 Å². The largest absolute Gasteiger partial charge is 0.360 e. The number of rotatable bonds is 4. The molecule has 0 saturated carbocycles. The van der Waals surface area contributed by atoms with E-state index in [9.17, 15) is 0 Å². The maximum absolute atomic E-state index is 3.91. The Balaban J connectivity index is 2.36. The summed E-state index contributed by atoms with van der Waals surface area (Å²) in [5, 5.41) is 11.8. The summed E-state index contributed by atoms with van der Waals surface area (Å²) in [5.41, 5.74) is 2.08. The molecule has 0 amide bonds. The van der Waals surface area contributed by atoms with Crippen LogP contribution in [0.15, 0.2) is 5.51 Å². The van der Waals surface area contributed by atoms with Crippen molar-refractivity contribution in [1.82, 2.24) is 10.2 Å². The number of nitrogens with zero attached hydrogens (tertiary/aromatic N) is 2. The topological polar surface area (TPSA) is 37.8 Å². The maximum Gasteiger partial charge on any atom is 0.205 e. The van der Waals surface area contributed by atoms with Crippen LogP contribution in [0, 0.1) is 5.41 Å². The number of nitrogens with one attached hydrogen (secondary N) is 1. The second kappa shape index (κ2) is 3.85. The number of hydrogen-bond donors (Lipinski definition) is 1. The van der Waals surface area contributed by atoms with Crippen LogP contribution < -0.4 is 5.32 Å². The summed E-state index contributed by atoms with van der Waals surface area (Å²) >= 11 is 1.54. The molecule has 1 rings (SSSR count). The number of anilines is 1. The second-order valence-electron chi connectivity index (χ2n) is 3.62. The van der Waals surface area contributed by atoms with Crippen LogP contribution in [0.4, 0.5) is 5.13 Å². The highest BCUT2D eigenvalue weighted by molar-refractivity contribution is 7.13. The highest BCUT2D eigenvalue weighted by atomic mass is 32.1. The van der Waals surface area contributed by atoms with Gasteiger partial charge < -0.3 is 5.32 Å². The molecule has 0 aromatic carbocycles. The van der Waals surface area contributed by atoms with Crippen LogP contribution >= 0.6 is 11.3 Å². The molecule has 0 radical (unpaired) electrons. The summed E-state index contributed by atoms with van der Waals surface area (Å²) in [5.74, 6) is 0. The molecular formula is C8H15N3S. The maximum atomic E-state index is 3.91. The average Bonchev–Trinajstić information content (AvgIpc) is 2.53. The van der Waals surface area contributed by atoms with Gasteiger partial charge in [-0.25, -0.2) is 0 Å². The molecule has 1 heterocycles. The third-order valence-corrected chi connectivity index (χ3v) is 2.68. The van der Waals surface area contributed by atoms with Crippen molar-refractivity contribution in [3.05, 3.63) is 5.51 Å². The zero-order valence-electron chi connectivity index (χ0n) is 7.79. The molecule has 1 aromatic heterocycles. The zero-order valence-corrected chi connectivity index (χ0v) is 8.61. The molecule has 0 spiro atoms. The Labute approximate surface area is 77.2 Å². The molecule has 0 bridgehead atoms. The standard InChI is InChI=1S/C8H15N3S/c1-4-8(2,3)5-9-7-11-10-6-12-7/h6H,4-5H2,1-3H3,(H,9,11). The predicted octanol–water partition coefficient (Wildman–Crippen LogP) is 2.39. The van der Waals surface area contributed by atoms with E-state index in [4.69, 9.17) is 0 Å². The fourth-order valence-electron chi connectivity index (χ4n) is 0.690. The minimum Gasteiger partial charge on any atom is -0.360 e. The van der Waals surface area contributed by atoms with E-state index in [2.05, 4.69) is 36.3 Å². The van der Waals surface area contributed by atoms with E-state index in [-0.39, 0.29) is 0 Å². The van der Waals surface area contributed by atoms with E-state index in [0.29, 0.717) is 5.41 Å². The molecule has 4 heteroatoms. The Morgan fingerprint density at radius 3 is 2.83 bits per heavy atom. The van der Waals surface area contributed by atoms with Gasteiger partial charge in [0.05, 0.1) is 0 Å².